The van der Waals surface area contributed by atoms with Crippen LogP contribution in [-0.2, 0) is 13.0 Å². The first-order valence-electron chi connectivity index (χ1n) is 6.78. The van der Waals surface area contributed by atoms with Crippen molar-refractivity contribution in [2.75, 3.05) is 13.7 Å². The second-order valence-corrected chi connectivity index (χ2v) is 5.08. The number of hydrogen-bond donors (Lipinski definition) is 1. The van der Waals surface area contributed by atoms with Crippen LogP contribution in [0.1, 0.15) is 22.6 Å². The summed E-state index contributed by atoms with van der Waals surface area (Å²) >= 11 is 0. The summed E-state index contributed by atoms with van der Waals surface area (Å²) in [6, 6.07) is 17.1. The van der Waals surface area contributed by atoms with E-state index >= 15 is 0 Å². The maximum absolute atomic E-state index is 5.30. The number of ether oxygens (including phenoxy) is 1. The first-order valence-corrected chi connectivity index (χ1v) is 6.78. The monoisotopic (exact) mass is 253 g/mol. The molecule has 1 aliphatic heterocycles. The van der Waals surface area contributed by atoms with Crippen molar-refractivity contribution in [3.63, 3.8) is 0 Å². The summed E-state index contributed by atoms with van der Waals surface area (Å²) in [5, 5.41) is 3.51. The fourth-order valence-corrected chi connectivity index (χ4v) is 2.85. The lowest BCUT2D eigenvalue weighted by Crippen LogP contribution is -2.29. The molecule has 19 heavy (non-hydrogen) atoms. The van der Waals surface area contributed by atoms with Crippen molar-refractivity contribution in [2.45, 2.75) is 18.9 Å². The van der Waals surface area contributed by atoms with E-state index in [1.54, 1.807) is 7.11 Å². The Morgan fingerprint density at radius 1 is 1.16 bits per heavy atom. The predicted octanol–water partition coefficient (Wildman–Crippen LogP) is 3.12. The first kappa shape index (κ1) is 12.2. The summed E-state index contributed by atoms with van der Waals surface area (Å²) in [5.74, 6) is 1.49. The van der Waals surface area contributed by atoms with Gasteiger partial charge in [-0.05, 0) is 35.2 Å². The van der Waals surface area contributed by atoms with Gasteiger partial charge in [0.15, 0.2) is 0 Å². The molecule has 1 N–H and O–H groups in total. The molecule has 1 atom stereocenters. The van der Waals surface area contributed by atoms with Crippen LogP contribution in [0.2, 0.25) is 0 Å². The van der Waals surface area contributed by atoms with E-state index < -0.39 is 0 Å². The highest BCUT2D eigenvalue weighted by Gasteiger charge is 2.19. The third kappa shape index (κ3) is 2.64. The van der Waals surface area contributed by atoms with Crippen LogP contribution >= 0.6 is 0 Å². The molecule has 0 aliphatic carbocycles. The van der Waals surface area contributed by atoms with Crippen LogP contribution < -0.4 is 10.1 Å². The molecule has 2 nitrogen and oxygen atoms in total. The Kier molecular flexibility index (Phi) is 3.51. The van der Waals surface area contributed by atoms with Gasteiger partial charge in [-0.2, -0.15) is 0 Å². The van der Waals surface area contributed by atoms with E-state index in [1.165, 1.54) is 16.7 Å². The van der Waals surface area contributed by atoms with Crippen molar-refractivity contribution in [2.24, 2.45) is 0 Å². The SMILES string of the molecule is COc1cccc(CC2CNCc3ccccc32)c1. The average molecular weight is 253 g/mol. The summed E-state index contributed by atoms with van der Waals surface area (Å²) < 4.78 is 5.30. The summed E-state index contributed by atoms with van der Waals surface area (Å²) in [5.41, 5.74) is 4.26. The van der Waals surface area contributed by atoms with E-state index in [0.29, 0.717) is 5.92 Å². The second-order valence-electron chi connectivity index (χ2n) is 5.08. The minimum atomic E-state index is 0.553. The molecule has 98 valence electrons. The van der Waals surface area contributed by atoms with Crippen LogP contribution in [0.15, 0.2) is 48.5 Å². The molecule has 0 spiro atoms. The van der Waals surface area contributed by atoms with E-state index in [9.17, 15) is 0 Å². The number of hydrogen-bond acceptors (Lipinski definition) is 2. The number of fused-ring (bicyclic) bond motifs is 1. The van der Waals surface area contributed by atoms with Crippen molar-refractivity contribution in [3.05, 3.63) is 65.2 Å². The fraction of sp³-hybridized carbons (Fsp3) is 0.294. The molecule has 3 rings (SSSR count). The lowest BCUT2D eigenvalue weighted by molar-refractivity contribution is 0.414. The van der Waals surface area contributed by atoms with Crippen LogP contribution in [0, 0.1) is 0 Å². The van der Waals surface area contributed by atoms with Crippen molar-refractivity contribution in [3.8, 4) is 5.75 Å². The summed E-state index contributed by atoms with van der Waals surface area (Å²) in [6.45, 7) is 2.04. The van der Waals surface area contributed by atoms with Crippen LogP contribution in [0.3, 0.4) is 0 Å². The number of nitrogens with one attached hydrogen (secondary N) is 1. The van der Waals surface area contributed by atoms with Gasteiger partial charge in [0.1, 0.15) is 5.75 Å². The minimum Gasteiger partial charge on any atom is -0.497 e. The maximum atomic E-state index is 5.30. The van der Waals surface area contributed by atoms with Gasteiger partial charge >= 0.3 is 0 Å². The van der Waals surface area contributed by atoms with Gasteiger partial charge in [-0.25, -0.2) is 0 Å². The Morgan fingerprint density at radius 3 is 2.95 bits per heavy atom. The van der Waals surface area contributed by atoms with Crippen LogP contribution in [0.5, 0.6) is 5.75 Å². The van der Waals surface area contributed by atoms with Crippen LogP contribution in [-0.4, -0.2) is 13.7 Å². The lowest BCUT2D eigenvalue weighted by Gasteiger charge is -2.26. The largest absolute Gasteiger partial charge is 0.497 e. The Labute approximate surface area is 114 Å². The second kappa shape index (κ2) is 5.45. The molecule has 1 aliphatic rings. The normalized spacial score (nSPS) is 17.8. The van der Waals surface area contributed by atoms with Crippen LogP contribution in [0.4, 0.5) is 0 Å². The standard InChI is InChI=1S/C17H19NO/c1-19-16-7-4-5-13(10-16)9-15-12-18-11-14-6-2-3-8-17(14)15/h2-8,10,15,18H,9,11-12H2,1H3. The smallest absolute Gasteiger partial charge is 0.119 e. The third-order valence-electron chi connectivity index (χ3n) is 3.82. The average Bonchev–Trinajstić information content (AvgIpc) is 2.48. The van der Waals surface area contributed by atoms with Gasteiger partial charge in [0, 0.05) is 19.0 Å². The molecule has 0 bridgehead atoms. The van der Waals surface area contributed by atoms with Gasteiger partial charge < -0.3 is 10.1 Å². The topological polar surface area (TPSA) is 21.3 Å². The Balaban J connectivity index is 1.84. The molecular formula is C17H19NO. The highest BCUT2D eigenvalue weighted by atomic mass is 16.5. The van der Waals surface area contributed by atoms with Gasteiger partial charge in [-0.15, -0.1) is 0 Å². The minimum absolute atomic E-state index is 0.553. The molecule has 0 saturated heterocycles. The molecule has 0 aromatic heterocycles. The highest BCUT2D eigenvalue weighted by Crippen LogP contribution is 2.27. The Hall–Kier alpha value is -1.80. The molecule has 0 radical (unpaired) electrons. The third-order valence-corrected chi connectivity index (χ3v) is 3.82. The zero-order chi connectivity index (χ0) is 13.1. The summed E-state index contributed by atoms with van der Waals surface area (Å²) in [6.07, 6.45) is 1.06. The van der Waals surface area contributed by atoms with Gasteiger partial charge in [0.05, 0.1) is 7.11 Å². The Bertz CT molecular complexity index is 565. The molecule has 2 aromatic carbocycles. The van der Waals surface area contributed by atoms with E-state index in [4.69, 9.17) is 4.74 Å². The number of benzene rings is 2. The molecule has 0 amide bonds. The quantitative estimate of drug-likeness (QED) is 0.907. The summed E-state index contributed by atoms with van der Waals surface area (Å²) in [4.78, 5) is 0. The van der Waals surface area contributed by atoms with Crippen LogP contribution in [0.25, 0.3) is 0 Å². The lowest BCUT2D eigenvalue weighted by atomic mass is 9.86. The number of rotatable bonds is 3. The molecule has 1 heterocycles. The molecular weight excluding hydrogens is 234 g/mol. The van der Waals surface area contributed by atoms with Crippen molar-refractivity contribution in [1.29, 1.82) is 0 Å². The molecule has 0 saturated carbocycles. The maximum Gasteiger partial charge on any atom is 0.119 e. The zero-order valence-corrected chi connectivity index (χ0v) is 11.2. The van der Waals surface area contributed by atoms with E-state index in [-0.39, 0.29) is 0 Å². The fourth-order valence-electron chi connectivity index (χ4n) is 2.85. The van der Waals surface area contributed by atoms with Crippen molar-refractivity contribution < 1.29 is 4.74 Å². The molecule has 1 unspecified atom stereocenters. The summed E-state index contributed by atoms with van der Waals surface area (Å²) in [7, 11) is 1.72. The van der Waals surface area contributed by atoms with Gasteiger partial charge in [-0.3, -0.25) is 0 Å². The van der Waals surface area contributed by atoms with Gasteiger partial charge in [0.2, 0.25) is 0 Å². The van der Waals surface area contributed by atoms with Gasteiger partial charge in [-0.1, -0.05) is 36.4 Å². The number of methoxy groups -OCH3 is 1. The van der Waals surface area contributed by atoms with Gasteiger partial charge in [0.25, 0.3) is 0 Å². The first-order chi connectivity index (χ1) is 9.36. The van der Waals surface area contributed by atoms with Crippen molar-refractivity contribution >= 4 is 0 Å². The van der Waals surface area contributed by atoms with Crippen molar-refractivity contribution in [1.82, 2.24) is 5.32 Å². The van der Waals surface area contributed by atoms with E-state index in [1.807, 2.05) is 6.07 Å². The van der Waals surface area contributed by atoms with E-state index in [2.05, 4.69) is 47.8 Å². The highest BCUT2D eigenvalue weighted by molar-refractivity contribution is 5.36. The Morgan fingerprint density at radius 2 is 2.05 bits per heavy atom. The molecule has 2 aromatic rings. The van der Waals surface area contributed by atoms with E-state index in [0.717, 1.165) is 25.3 Å². The zero-order valence-electron chi connectivity index (χ0n) is 11.2. The molecule has 2 heteroatoms. The predicted molar refractivity (Wildman–Crippen MR) is 77.6 cm³/mol. The molecule has 0 fully saturated rings.